The fourth-order valence-electron chi connectivity index (χ4n) is 4.26. The first-order valence-electron chi connectivity index (χ1n) is 10.3. The van der Waals surface area contributed by atoms with Gasteiger partial charge in [0.1, 0.15) is 0 Å². The average molecular weight is 406 g/mol. The molecule has 0 aromatic heterocycles. The van der Waals surface area contributed by atoms with Gasteiger partial charge in [0.25, 0.3) is 0 Å². The van der Waals surface area contributed by atoms with E-state index >= 15 is 0 Å². The summed E-state index contributed by atoms with van der Waals surface area (Å²) in [6.07, 6.45) is 1.97. The number of amides is 3. The second-order valence-corrected chi connectivity index (χ2v) is 8.05. The highest BCUT2D eigenvalue weighted by Gasteiger charge is 2.30. The van der Waals surface area contributed by atoms with Crippen LogP contribution < -0.4 is 16.4 Å². The van der Waals surface area contributed by atoms with Crippen LogP contribution in [-0.4, -0.2) is 35.7 Å². The van der Waals surface area contributed by atoms with Crippen molar-refractivity contribution in [1.29, 1.82) is 0 Å². The molecule has 0 aliphatic carbocycles. The number of rotatable bonds is 5. The van der Waals surface area contributed by atoms with Gasteiger partial charge >= 0.3 is 0 Å². The van der Waals surface area contributed by atoms with Crippen molar-refractivity contribution < 1.29 is 14.4 Å². The summed E-state index contributed by atoms with van der Waals surface area (Å²) in [5, 5.41) is 5.74. The molecule has 0 radical (unpaired) electrons. The largest absolute Gasteiger partial charge is 0.369 e. The zero-order chi connectivity index (χ0) is 21.1. The number of nitrogens with two attached hydrogens (primary N) is 1. The van der Waals surface area contributed by atoms with E-state index < -0.39 is 5.92 Å². The molecule has 0 saturated carbocycles. The van der Waals surface area contributed by atoms with E-state index in [9.17, 15) is 14.4 Å². The van der Waals surface area contributed by atoms with E-state index in [2.05, 4.69) is 15.5 Å². The number of nitrogens with zero attached hydrogens (tertiary/aromatic N) is 1. The minimum absolute atomic E-state index is 0.0760. The van der Waals surface area contributed by atoms with Crippen molar-refractivity contribution in [2.24, 2.45) is 11.7 Å². The average Bonchev–Trinajstić information content (AvgIpc) is 2.74. The van der Waals surface area contributed by atoms with Crippen molar-refractivity contribution in [2.45, 2.75) is 31.7 Å². The summed E-state index contributed by atoms with van der Waals surface area (Å²) in [4.78, 5) is 38.5. The third-order valence-electron chi connectivity index (χ3n) is 5.85. The van der Waals surface area contributed by atoms with E-state index in [0.717, 1.165) is 37.1 Å². The third kappa shape index (κ3) is 4.52. The Morgan fingerprint density at radius 3 is 2.67 bits per heavy atom. The predicted octanol–water partition coefficient (Wildman–Crippen LogP) is 2.45. The summed E-state index contributed by atoms with van der Waals surface area (Å²) in [6, 6.07) is 15.1. The number of fused-ring (bicyclic) bond motifs is 1. The van der Waals surface area contributed by atoms with E-state index in [1.807, 2.05) is 48.5 Å². The van der Waals surface area contributed by atoms with E-state index in [1.54, 1.807) is 0 Å². The molecule has 3 amide bonds. The van der Waals surface area contributed by atoms with Crippen LogP contribution in [0, 0.1) is 5.92 Å². The number of hydrogen-bond acceptors (Lipinski definition) is 4. The lowest BCUT2D eigenvalue weighted by Gasteiger charge is -2.31. The lowest BCUT2D eigenvalue weighted by atomic mass is 9.90. The van der Waals surface area contributed by atoms with Crippen LogP contribution in [-0.2, 0) is 20.9 Å². The molecule has 4 rings (SSSR count). The molecule has 2 aromatic rings. The second kappa shape index (κ2) is 8.67. The first-order chi connectivity index (χ1) is 14.5. The van der Waals surface area contributed by atoms with Gasteiger partial charge in [-0.05, 0) is 48.7 Å². The smallest absolute Gasteiger partial charge is 0.232 e. The van der Waals surface area contributed by atoms with Crippen LogP contribution in [0.15, 0.2) is 48.5 Å². The number of piperidine rings is 1. The number of carbonyl (C=O) groups is 3. The van der Waals surface area contributed by atoms with Crippen molar-refractivity contribution in [3.05, 3.63) is 59.7 Å². The van der Waals surface area contributed by atoms with Crippen molar-refractivity contribution >= 4 is 29.1 Å². The van der Waals surface area contributed by atoms with Gasteiger partial charge in [0.15, 0.2) is 0 Å². The maximum Gasteiger partial charge on any atom is 0.232 e. The van der Waals surface area contributed by atoms with Gasteiger partial charge in [0.05, 0.1) is 11.8 Å². The molecule has 2 aliphatic heterocycles. The van der Waals surface area contributed by atoms with E-state index in [4.69, 9.17) is 5.73 Å². The molecule has 30 heavy (non-hydrogen) atoms. The van der Waals surface area contributed by atoms with Gasteiger partial charge in [0, 0.05) is 30.9 Å². The molecule has 7 nitrogen and oxygen atoms in total. The molecular weight excluding hydrogens is 380 g/mol. The van der Waals surface area contributed by atoms with Gasteiger partial charge in [-0.15, -0.1) is 0 Å². The molecule has 2 aliphatic rings. The maximum absolute atomic E-state index is 12.8. The Morgan fingerprint density at radius 1 is 1.13 bits per heavy atom. The Labute approximate surface area is 175 Å². The monoisotopic (exact) mass is 406 g/mol. The Hall–Kier alpha value is -3.19. The van der Waals surface area contributed by atoms with Gasteiger partial charge < -0.3 is 16.4 Å². The first-order valence-corrected chi connectivity index (χ1v) is 10.3. The van der Waals surface area contributed by atoms with Gasteiger partial charge in [-0.2, -0.15) is 0 Å². The lowest BCUT2D eigenvalue weighted by Crippen LogP contribution is -2.40. The number of likely N-dealkylation sites (tertiary alicyclic amines) is 1. The zero-order valence-electron chi connectivity index (χ0n) is 16.8. The molecule has 1 fully saturated rings. The zero-order valence-corrected chi connectivity index (χ0v) is 16.8. The van der Waals surface area contributed by atoms with Gasteiger partial charge in [-0.25, -0.2) is 0 Å². The van der Waals surface area contributed by atoms with Crippen LogP contribution in [0.3, 0.4) is 0 Å². The summed E-state index contributed by atoms with van der Waals surface area (Å²) in [7, 11) is 0. The van der Waals surface area contributed by atoms with Crippen molar-refractivity contribution in [2.75, 3.05) is 23.7 Å². The molecule has 2 atom stereocenters. The number of primary amides is 1. The molecule has 0 spiro atoms. The fourth-order valence-corrected chi connectivity index (χ4v) is 4.26. The number of carbonyl (C=O) groups excluding carboxylic acids is 3. The molecule has 2 heterocycles. The number of para-hydroxylation sites is 1. The van der Waals surface area contributed by atoms with Gasteiger partial charge in [0.2, 0.25) is 17.7 Å². The minimum Gasteiger partial charge on any atom is -0.369 e. The Kier molecular flexibility index (Phi) is 5.81. The van der Waals surface area contributed by atoms with Gasteiger partial charge in [-0.3, -0.25) is 19.3 Å². The normalized spacial score (nSPS) is 21.4. The third-order valence-corrected chi connectivity index (χ3v) is 5.85. The molecule has 156 valence electrons. The predicted molar refractivity (Wildman–Crippen MR) is 115 cm³/mol. The molecule has 0 bridgehead atoms. The highest BCUT2D eigenvalue weighted by atomic mass is 16.2. The number of benzene rings is 2. The summed E-state index contributed by atoms with van der Waals surface area (Å²) in [5.74, 6) is -1.15. The Bertz CT molecular complexity index is 957. The van der Waals surface area contributed by atoms with Crippen LogP contribution in [0.1, 0.15) is 36.3 Å². The van der Waals surface area contributed by atoms with Gasteiger partial charge in [-0.1, -0.05) is 30.3 Å². The summed E-state index contributed by atoms with van der Waals surface area (Å²) >= 11 is 0. The first kappa shape index (κ1) is 20.1. The highest BCUT2D eigenvalue weighted by molar-refractivity contribution is 6.05. The van der Waals surface area contributed by atoms with Crippen LogP contribution >= 0.6 is 0 Å². The summed E-state index contributed by atoms with van der Waals surface area (Å²) < 4.78 is 0. The molecule has 2 aromatic carbocycles. The lowest BCUT2D eigenvalue weighted by molar-refractivity contribution is -0.123. The number of anilines is 2. The van der Waals surface area contributed by atoms with E-state index in [0.29, 0.717) is 17.9 Å². The topological polar surface area (TPSA) is 105 Å². The number of nitrogens with one attached hydrogen (secondary N) is 2. The summed E-state index contributed by atoms with van der Waals surface area (Å²) in [5.41, 5.74) is 8.79. The highest BCUT2D eigenvalue weighted by Crippen LogP contribution is 2.32. The molecule has 7 heteroatoms. The second-order valence-electron chi connectivity index (χ2n) is 8.05. The number of hydrogen-bond donors (Lipinski definition) is 3. The van der Waals surface area contributed by atoms with E-state index in [1.165, 1.54) is 0 Å². The minimum atomic E-state index is -0.506. The summed E-state index contributed by atoms with van der Waals surface area (Å²) in [6.45, 7) is 2.39. The molecule has 4 N–H and O–H groups in total. The molecule has 1 saturated heterocycles. The van der Waals surface area contributed by atoms with Crippen LogP contribution in [0.25, 0.3) is 0 Å². The fraction of sp³-hybridized carbons (Fsp3) is 0.348. The van der Waals surface area contributed by atoms with E-state index in [-0.39, 0.29) is 30.1 Å². The van der Waals surface area contributed by atoms with Crippen LogP contribution in [0.2, 0.25) is 0 Å². The standard InChI is InChI=1S/C23H26N4O3/c24-22(29)16-4-3-11-27(14-16)13-15-7-9-17(10-8-15)25-23(30)19-12-21(28)26-20-6-2-1-5-18(19)20/h1-2,5-10,16,19H,3-4,11-14H2,(H2,24,29)(H,25,30)(H,26,28). The quantitative estimate of drug-likeness (QED) is 0.709. The Morgan fingerprint density at radius 2 is 1.90 bits per heavy atom. The molecule has 2 unspecified atom stereocenters. The SMILES string of the molecule is NC(=O)C1CCCN(Cc2ccc(NC(=O)C3CC(=O)Nc4ccccc43)cc2)C1. The molecular formula is C23H26N4O3. The van der Waals surface area contributed by atoms with Crippen LogP contribution in [0.5, 0.6) is 0 Å². The van der Waals surface area contributed by atoms with Crippen molar-refractivity contribution in [3.63, 3.8) is 0 Å². The maximum atomic E-state index is 12.8. The Balaban J connectivity index is 1.39. The van der Waals surface area contributed by atoms with Crippen molar-refractivity contribution in [1.82, 2.24) is 4.90 Å². The van der Waals surface area contributed by atoms with Crippen LogP contribution in [0.4, 0.5) is 11.4 Å². The van der Waals surface area contributed by atoms with Crippen molar-refractivity contribution in [3.8, 4) is 0 Å².